The average Bonchev–Trinajstić information content (AvgIpc) is 3.38. The first-order valence-corrected chi connectivity index (χ1v) is 10.7. The van der Waals surface area contributed by atoms with E-state index in [2.05, 4.69) is 15.1 Å². The Morgan fingerprint density at radius 3 is 2.66 bits per heavy atom. The van der Waals surface area contributed by atoms with Gasteiger partial charge in [-0.1, -0.05) is 65.7 Å². The maximum atomic E-state index is 12.4. The second kappa shape index (κ2) is 8.54. The Hall–Kier alpha value is -3.54. The summed E-state index contributed by atoms with van der Waals surface area (Å²) in [5, 5.41) is 7.09. The summed E-state index contributed by atoms with van der Waals surface area (Å²) >= 11 is 12.2. The lowest BCUT2D eigenvalue weighted by Crippen LogP contribution is -2.16. The van der Waals surface area contributed by atoms with E-state index in [9.17, 15) is 4.79 Å². The van der Waals surface area contributed by atoms with Crippen molar-refractivity contribution in [2.24, 2.45) is 5.10 Å². The number of rotatable bonds is 5. The predicted molar refractivity (Wildman–Crippen MR) is 129 cm³/mol. The van der Waals surface area contributed by atoms with Crippen molar-refractivity contribution in [3.63, 3.8) is 0 Å². The SMILES string of the molecule is O=C(N/N=C/c1cn(Cc2ccc(Cl)c(Cl)c2)c2ccccc12)c1cc2ccccc2o1. The molecule has 7 heteroatoms. The minimum Gasteiger partial charge on any atom is -0.451 e. The fourth-order valence-electron chi connectivity index (χ4n) is 3.65. The third kappa shape index (κ3) is 4.00. The number of para-hydroxylation sites is 2. The lowest BCUT2D eigenvalue weighted by Gasteiger charge is -2.06. The molecular formula is C25H17Cl2N3O2. The van der Waals surface area contributed by atoms with E-state index in [-0.39, 0.29) is 5.76 Å². The first-order valence-electron chi connectivity index (χ1n) is 9.92. The van der Waals surface area contributed by atoms with Crippen LogP contribution in [0.5, 0.6) is 0 Å². The Bertz CT molecular complexity index is 1450. The highest BCUT2D eigenvalue weighted by atomic mass is 35.5. The molecule has 0 aliphatic rings. The zero-order valence-electron chi connectivity index (χ0n) is 16.8. The number of hydrogen-bond acceptors (Lipinski definition) is 3. The summed E-state index contributed by atoms with van der Waals surface area (Å²) < 4.78 is 7.69. The number of aromatic nitrogens is 1. The lowest BCUT2D eigenvalue weighted by molar-refractivity contribution is 0.0929. The van der Waals surface area contributed by atoms with Crippen molar-refractivity contribution in [3.8, 4) is 0 Å². The highest BCUT2D eigenvalue weighted by Crippen LogP contribution is 2.25. The molecule has 0 bridgehead atoms. The van der Waals surface area contributed by atoms with E-state index < -0.39 is 5.91 Å². The van der Waals surface area contributed by atoms with Gasteiger partial charge in [0.05, 0.1) is 16.3 Å². The minimum atomic E-state index is -0.406. The van der Waals surface area contributed by atoms with Crippen molar-refractivity contribution >= 4 is 57.2 Å². The molecule has 0 radical (unpaired) electrons. The van der Waals surface area contributed by atoms with Gasteiger partial charge >= 0.3 is 5.91 Å². The predicted octanol–water partition coefficient (Wildman–Crippen LogP) is 6.51. The van der Waals surface area contributed by atoms with E-state index in [1.54, 1.807) is 18.3 Å². The van der Waals surface area contributed by atoms with E-state index >= 15 is 0 Å². The van der Waals surface area contributed by atoms with Crippen LogP contribution in [0.4, 0.5) is 0 Å². The topological polar surface area (TPSA) is 59.5 Å². The number of carbonyl (C=O) groups is 1. The minimum absolute atomic E-state index is 0.213. The molecule has 3 aromatic carbocycles. The number of nitrogens with one attached hydrogen (secondary N) is 1. The summed E-state index contributed by atoms with van der Waals surface area (Å²) in [5.41, 5.74) is 6.16. The van der Waals surface area contributed by atoms with Gasteiger partial charge in [0, 0.05) is 34.6 Å². The standard InChI is InChI=1S/C25H17Cl2N3O2/c26-20-10-9-16(11-21(20)27)14-30-15-18(19-6-2-3-7-22(19)30)13-28-29-25(31)24-12-17-5-1-4-8-23(17)32-24/h1-13,15H,14H2,(H,29,31)/b28-13+. The average molecular weight is 462 g/mol. The molecule has 0 aliphatic carbocycles. The molecule has 0 spiro atoms. The highest BCUT2D eigenvalue weighted by molar-refractivity contribution is 6.42. The van der Waals surface area contributed by atoms with Crippen LogP contribution in [0.3, 0.4) is 0 Å². The van der Waals surface area contributed by atoms with Gasteiger partial charge in [-0.15, -0.1) is 0 Å². The zero-order valence-corrected chi connectivity index (χ0v) is 18.3. The fourth-order valence-corrected chi connectivity index (χ4v) is 3.97. The third-order valence-electron chi connectivity index (χ3n) is 5.18. The molecule has 0 atom stereocenters. The number of nitrogens with zero attached hydrogens (tertiary/aromatic N) is 2. The Kier molecular flexibility index (Phi) is 5.43. The summed E-state index contributed by atoms with van der Waals surface area (Å²) in [5.74, 6) is -0.192. The van der Waals surface area contributed by atoms with Crippen LogP contribution in [-0.4, -0.2) is 16.7 Å². The van der Waals surface area contributed by atoms with Gasteiger partial charge < -0.3 is 8.98 Å². The molecule has 0 unspecified atom stereocenters. The monoisotopic (exact) mass is 461 g/mol. The molecule has 5 aromatic rings. The summed E-state index contributed by atoms with van der Waals surface area (Å²) in [6, 6.07) is 22.8. The second-order valence-electron chi connectivity index (χ2n) is 7.33. The Balaban J connectivity index is 1.38. The molecule has 1 N–H and O–H groups in total. The molecule has 5 rings (SSSR count). The van der Waals surface area contributed by atoms with Crippen LogP contribution in [-0.2, 0) is 6.54 Å². The van der Waals surface area contributed by atoms with Crippen LogP contribution in [0.2, 0.25) is 10.0 Å². The number of furan rings is 1. The van der Waals surface area contributed by atoms with E-state index in [1.165, 1.54) is 0 Å². The van der Waals surface area contributed by atoms with E-state index in [4.69, 9.17) is 27.6 Å². The molecule has 158 valence electrons. The summed E-state index contributed by atoms with van der Waals surface area (Å²) in [6.07, 6.45) is 3.62. The normalized spacial score (nSPS) is 11.6. The molecule has 0 saturated carbocycles. The number of halogens is 2. The van der Waals surface area contributed by atoms with Crippen LogP contribution in [0, 0.1) is 0 Å². The van der Waals surface area contributed by atoms with Crippen molar-refractivity contribution in [1.29, 1.82) is 0 Å². The Morgan fingerprint density at radius 2 is 1.81 bits per heavy atom. The molecule has 5 nitrogen and oxygen atoms in total. The maximum Gasteiger partial charge on any atom is 0.307 e. The largest absolute Gasteiger partial charge is 0.451 e. The van der Waals surface area contributed by atoms with E-state index in [0.29, 0.717) is 22.2 Å². The number of hydrogen-bond donors (Lipinski definition) is 1. The highest BCUT2D eigenvalue weighted by Gasteiger charge is 2.12. The molecule has 32 heavy (non-hydrogen) atoms. The van der Waals surface area contributed by atoms with Crippen molar-refractivity contribution in [2.75, 3.05) is 0 Å². The number of hydrazone groups is 1. The van der Waals surface area contributed by atoms with Gasteiger partial charge in [-0.2, -0.15) is 5.10 Å². The molecule has 0 saturated heterocycles. The van der Waals surface area contributed by atoms with Crippen LogP contribution in [0.1, 0.15) is 21.7 Å². The van der Waals surface area contributed by atoms with Crippen LogP contribution < -0.4 is 5.43 Å². The smallest absolute Gasteiger partial charge is 0.307 e. The number of benzene rings is 3. The van der Waals surface area contributed by atoms with Gasteiger partial charge in [-0.05, 0) is 35.9 Å². The molecular weight excluding hydrogens is 445 g/mol. The number of amides is 1. The molecule has 2 heterocycles. The number of carbonyl (C=O) groups excluding carboxylic acids is 1. The molecule has 0 aliphatic heterocycles. The maximum absolute atomic E-state index is 12.4. The van der Waals surface area contributed by atoms with Gasteiger partial charge in [0.1, 0.15) is 5.58 Å². The van der Waals surface area contributed by atoms with Gasteiger partial charge in [0.15, 0.2) is 5.76 Å². The first kappa shape index (κ1) is 20.4. The lowest BCUT2D eigenvalue weighted by atomic mass is 10.2. The van der Waals surface area contributed by atoms with Crippen molar-refractivity contribution in [1.82, 2.24) is 9.99 Å². The summed E-state index contributed by atoms with van der Waals surface area (Å²) in [6.45, 7) is 0.622. The van der Waals surface area contributed by atoms with Gasteiger partial charge in [-0.25, -0.2) is 5.43 Å². The second-order valence-corrected chi connectivity index (χ2v) is 8.14. The van der Waals surface area contributed by atoms with E-state index in [0.717, 1.165) is 27.4 Å². The van der Waals surface area contributed by atoms with Crippen LogP contribution >= 0.6 is 23.2 Å². The fraction of sp³-hybridized carbons (Fsp3) is 0.0400. The first-order chi connectivity index (χ1) is 15.6. The quantitative estimate of drug-likeness (QED) is 0.239. The van der Waals surface area contributed by atoms with Crippen LogP contribution in [0.25, 0.3) is 21.9 Å². The molecule has 0 fully saturated rings. The van der Waals surface area contributed by atoms with E-state index in [1.807, 2.05) is 66.9 Å². The van der Waals surface area contributed by atoms with Gasteiger partial charge in [-0.3, -0.25) is 4.79 Å². The third-order valence-corrected chi connectivity index (χ3v) is 5.91. The Morgan fingerprint density at radius 1 is 1.00 bits per heavy atom. The zero-order chi connectivity index (χ0) is 22.1. The summed E-state index contributed by atoms with van der Waals surface area (Å²) in [7, 11) is 0. The van der Waals surface area contributed by atoms with Crippen molar-refractivity contribution in [2.45, 2.75) is 6.54 Å². The van der Waals surface area contributed by atoms with Crippen molar-refractivity contribution < 1.29 is 9.21 Å². The summed E-state index contributed by atoms with van der Waals surface area (Å²) in [4.78, 5) is 12.4. The van der Waals surface area contributed by atoms with Gasteiger partial charge in [0.2, 0.25) is 0 Å². The Labute approximate surface area is 193 Å². The number of fused-ring (bicyclic) bond motifs is 2. The molecule has 2 aromatic heterocycles. The molecule has 1 amide bonds. The van der Waals surface area contributed by atoms with Crippen molar-refractivity contribution in [3.05, 3.63) is 106 Å². The van der Waals surface area contributed by atoms with Crippen LogP contribution in [0.15, 0.2) is 88.5 Å². The van der Waals surface area contributed by atoms with Gasteiger partial charge in [0.25, 0.3) is 0 Å².